The Hall–Kier alpha value is -2.74. The van der Waals surface area contributed by atoms with Crippen molar-refractivity contribution in [1.29, 1.82) is 0 Å². The van der Waals surface area contributed by atoms with Crippen LogP contribution in [0.4, 0.5) is 5.69 Å². The fraction of sp³-hybridized carbons (Fsp3) is 0.235. The molecule has 0 aromatic heterocycles. The third kappa shape index (κ3) is 4.03. The molecule has 8 heteroatoms. The summed E-state index contributed by atoms with van der Waals surface area (Å²) >= 11 is 0. The number of methoxy groups -OCH3 is 2. The van der Waals surface area contributed by atoms with Crippen LogP contribution < -0.4 is 14.2 Å². The number of rotatable bonds is 6. The molecule has 0 saturated heterocycles. The van der Waals surface area contributed by atoms with E-state index in [0.29, 0.717) is 22.6 Å². The molecule has 0 atom stereocenters. The summed E-state index contributed by atoms with van der Waals surface area (Å²) in [5.74, 6) is -0.351. The van der Waals surface area contributed by atoms with Crippen LogP contribution >= 0.6 is 0 Å². The van der Waals surface area contributed by atoms with Crippen LogP contribution in [0, 0.1) is 13.8 Å². The van der Waals surface area contributed by atoms with Crippen LogP contribution in [0.25, 0.3) is 0 Å². The summed E-state index contributed by atoms with van der Waals surface area (Å²) in [7, 11) is -1.09. The Morgan fingerprint density at radius 3 is 2.04 bits per heavy atom. The Morgan fingerprint density at radius 1 is 1.00 bits per heavy atom. The zero-order chi connectivity index (χ0) is 18.8. The SMILES string of the molecule is COc1cc(NS(=O)(=O)c2cc(C(=O)O)cc(C)c2C)cc(OC)c1. The number of carboxylic acid groups (broad SMARTS) is 1. The number of carboxylic acids is 1. The van der Waals surface area contributed by atoms with Crippen LogP contribution in [0.3, 0.4) is 0 Å². The zero-order valence-corrected chi connectivity index (χ0v) is 15.1. The third-order valence-corrected chi connectivity index (χ3v) is 5.27. The summed E-state index contributed by atoms with van der Waals surface area (Å²) in [4.78, 5) is 11.1. The van der Waals surface area contributed by atoms with Gasteiger partial charge in [-0.15, -0.1) is 0 Å². The molecule has 0 spiro atoms. The van der Waals surface area contributed by atoms with Crippen molar-refractivity contribution in [2.45, 2.75) is 18.7 Å². The van der Waals surface area contributed by atoms with Crippen molar-refractivity contribution in [2.75, 3.05) is 18.9 Å². The van der Waals surface area contributed by atoms with E-state index in [4.69, 9.17) is 14.6 Å². The Bertz CT molecular complexity index is 899. The monoisotopic (exact) mass is 365 g/mol. The average molecular weight is 365 g/mol. The van der Waals surface area contributed by atoms with Gasteiger partial charge in [-0.05, 0) is 37.1 Å². The Balaban J connectivity index is 2.52. The predicted octanol–water partition coefficient (Wildman–Crippen LogP) is 2.82. The first-order valence-corrected chi connectivity index (χ1v) is 8.76. The maximum absolute atomic E-state index is 12.8. The molecular formula is C17H19NO6S. The van der Waals surface area contributed by atoms with E-state index in [2.05, 4.69) is 4.72 Å². The summed E-state index contributed by atoms with van der Waals surface area (Å²) in [5, 5.41) is 9.17. The molecule has 0 unspecified atom stereocenters. The number of hydrogen-bond acceptors (Lipinski definition) is 5. The first-order chi connectivity index (χ1) is 11.7. The molecule has 2 rings (SSSR count). The molecule has 2 aromatic rings. The molecule has 2 aromatic carbocycles. The van der Waals surface area contributed by atoms with E-state index < -0.39 is 16.0 Å². The molecule has 25 heavy (non-hydrogen) atoms. The molecule has 134 valence electrons. The fourth-order valence-corrected chi connectivity index (χ4v) is 3.69. The van der Waals surface area contributed by atoms with Crippen molar-refractivity contribution in [3.63, 3.8) is 0 Å². The van der Waals surface area contributed by atoms with E-state index >= 15 is 0 Å². The Morgan fingerprint density at radius 2 is 1.56 bits per heavy atom. The van der Waals surface area contributed by atoms with E-state index in [0.717, 1.165) is 6.07 Å². The van der Waals surface area contributed by atoms with Gasteiger partial charge in [0.2, 0.25) is 0 Å². The zero-order valence-electron chi connectivity index (χ0n) is 14.3. The molecule has 0 aliphatic rings. The van der Waals surface area contributed by atoms with E-state index in [-0.39, 0.29) is 16.1 Å². The van der Waals surface area contributed by atoms with Crippen LogP contribution in [0.2, 0.25) is 0 Å². The highest BCUT2D eigenvalue weighted by atomic mass is 32.2. The maximum atomic E-state index is 12.8. The summed E-state index contributed by atoms with van der Waals surface area (Å²) in [6.07, 6.45) is 0. The van der Waals surface area contributed by atoms with Crippen molar-refractivity contribution in [1.82, 2.24) is 0 Å². The van der Waals surface area contributed by atoms with Crippen molar-refractivity contribution in [2.24, 2.45) is 0 Å². The molecule has 0 heterocycles. The van der Waals surface area contributed by atoms with Crippen LogP contribution in [0.5, 0.6) is 11.5 Å². The molecule has 0 aliphatic carbocycles. The van der Waals surface area contributed by atoms with Crippen molar-refractivity contribution < 1.29 is 27.8 Å². The minimum atomic E-state index is -4.00. The fourth-order valence-electron chi connectivity index (χ4n) is 2.31. The van der Waals surface area contributed by atoms with Gasteiger partial charge in [0.05, 0.1) is 30.4 Å². The number of anilines is 1. The molecule has 0 fully saturated rings. The quantitative estimate of drug-likeness (QED) is 0.816. The number of hydrogen-bond donors (Lipinski definition) is 2. The van der Waals surface area contributed by atoms with Gasteiger partial charge in [0.25, 0.3) is 10.0 Å². The summed E-state index contributed by atoms with van der Waals surface area (Å²) in [6, 6.07) is 7.19. The van der Waals surface area contributed by atoms with Crippen LogP contribution in [0.1, 0.15) is 21.5 Å². The standard InChI is InChI=1S/C17H19NO6S/c1-10-5-12(17(19)20)6-16(11(10)2)25(21,22)18-13-7-14(23-3)9-15(8-13)24-4/h5-9,18H,1-4H3,(H,19,20). The summed E-state index contributed by atoms with van der Waals surface area (Å²) in [6.45, 7) is 3.29. The number of carbonyl (C=O) groups is 1. The predicted molar refractivity (Wildman–Crippen MR) is 93.2 cm³/mol. The number of benzene rings is 2. The molecule has 0 saturated carbocycles. The largest absolute Gasteiger partial charge is 0.497 e. The van der Waals surface area contributed by atoms with Gasteiger partial charge >= 0.3 is 5.97 Å². The van der Waals surface area contributed by atoms with E-state index in [1.807, 2.05) is 0 Å². The lowest BCUT2D eigenvalue weighted by molar-refractivity contribution is 0.0696. The Kier molecular flexibility index (Phi) is 5.22. The van der Waals surface area contributed by atoms with Gasteiger partial charge in [-0.25, -0.2) is 13.2 Å². The summed E-state index contributed by atoms with van der Waals surface area (Å²) in [5.41, 5.74) is 1.21. The highest BCUT2D eigenvalue weighted by molar-refractivity contribution is 7.92. The molecule has 0 radical (unpaired) electrons. The van der Waals surface area contributed by atoms with Crippen LogP contribution in [0.15, 0.2) is 35.2 Å². The first kappa shape index (κ1) is 18.6. The normalized spacial score (nSPS) is 11.0. The van der Waals surface area contributed by atoms with E-state index in [1.165, 1.54) is 32.4 Å². The second-order valence-corrected chi connectivity index (χ2v) is 7.08. The van der Waals surface area contributed by atoms with Gasteiger partial charge in [-0.1, -0.05) is 0 Å². The van der Waals surface area contributed by atoms with E-state index in [1.54, 1.807) is 19.9 Å². The number of aryl methyl sites for hydroxylation is 1. The lowest BCUT2D eigenvalue weighted by atomic mass is 10.1. The van der Waals surface area contributed by atoms with Crippen molar-refractivity contribution in [3.05, 3.63) is 47.0 Å². The van der Waals surface area contributed by atoms with Gasteiger partial charge in [0, 0.05) is 18.2 Å². The highest BCUT2D eigenvalue weighted by Gasteiger charge is 2.21. The van der Waals surface area contributed by atoms with Gasteiger partial charge in [0.1, 0.15) is 11.5 Å². The van der Waals surface area contributed by atoms with Gasteiger partial charge < -0.3 is 14.6 Å². The molecule has 2 N–H and O–H groups in total. The summed E-state index contributed by atoms with van der Waals surface area (Å²) < 4.78 is 38.2. The van der Waals surface area contributed by atoms with E-state index in [9.17, 15) is 13.2 Å². The first-order valence-electron chi connectivity index (χ1n) is 7.28. The topological polar surface area (TPSA) is 102 Å². The molecule has 7 nitrogen and oxygen atoms in total. The molecule has 0 bridgehead atoms. The average Bonchev–Trinajstić information content (AvgIpc) is 2.55. The Labute approximate surface area is 146 Å². The maximum Gasteiger partial charge on any atom is 0.335 e. The van der Waals surface area contributed by atoms with Crippen LogP contribution in [-0.4, -0.2) is 33.7 Å². The van der Waals surface area contributed by atoms with Crippen molar-refractivity contribution in [3.8, 4) is 11.5 Å². The highest BCUT2D eigenvalue weighted by Crippen LogP contribution is 2.29. The molecule has 0 aliphatic heterocycles. The van der Waals surface area contributed by atoms with Gasteiger partial charge in [0.15, 0.2) is 0 Å². The van der Waals surface area contributed by atoms with Gasteiger partial charge in [-0.3, -0.25) is 4.72 Å². The number of sulfonamides is 1. The molecule has 0 amide bonds. The number of aromatic carboxylic acids is 1. The lowest BCUT2D eigenvalue weighted by Crippen LogP contribution is -2.16. The smallest absolute Gasteiger partial charge is 0.335 e. The minimum Gasteiger partial charge on any atom is -0.497 e. The minimum absolute atomic E-state index is 0.0910. The number of ether oxygens (including phenoxy) is 2. The van der Waals surface area contributed by atoms with Crippen molar-refractivity contribution >= 4 is 21.7 Å². The number of nitrogens with one attached hydrogen (secondary N) is 1. The third-order valence-electron chi connectivity index (χ3n) is 3.76. The molecular weight excluding hydrogens is 346 g/mol. The second-order valence-electron chi connectivity index (χ2n) is 5.43. The van der Waals surface area contributed by atoms with Crippen LogP contribution in [-0.2, 0) is 10.0 Å². The second kappa shape index (κ2) is 7.02. The van der Waals surface area contributed by atoms with Gasteiger partial charge in [-0.2, -0.15) is 0 Å². The lowest BCUT2D eigenvalue weighted by Gasteiger charge is -2.14.